The van der Waals surface area contributed by atoms with Crippen molar-refractivity contribution in [1.82, 2.24) is 9.55 Å². The summed E-state index contributed by atoms with van der Waals surface area (Å²) in [5, 5.41) is 9.34. The Morgan fingerprint density at radius 3 is 2.90 bits per heavy atom. The van der Waals surface area contributed by atoms with Gasteiger partial charge in [-0.1, -0.05) is 0 Å². The summed E-state index contributed by atoms with van der Waals surface area (Å²) in [5.41, 5.74) is 0.0834. The highest BCUT2D eigenvalue weighted by Crippen LogP contribution is 2.16. The highest BCUT2D eigenvalue weighted by Gasteiger charge is 2.16. The Bertz CT molecular complexity index is 710. The van der Waals surface area contributed by atoms with E-state index >= 15 is 0 Å². The first-order chi connectivity index (χ1) is 10.0. The quantitative estimate of drug-likeness (QED) is 0.801. The van der Waals surface area contributed by atoms with Crippen LogP contribution in [0, 0.1) is 0 Å². The molecule has 0 spiro atoms. The number of rotatable bonds is 6. The molecule has 1 N–H and O–H groups in total. The van der Waals surface area contributed by atoms with Gasteiger partial charge in [0.1, 0.15) is 18.4 Å². The lowest BCUT2D eigenvalue weighted by Crippen LogP contribution is -2.27. The first-order valence-electron chi connectivity index (χ1n) is 6.40. The van der Waals surface area contributed by atoms with Gasteiger partial charge in [-0.05, 0) is 19.1 Å². The molecule has 2 rings (SSSR count). The van der Waals surface area contributed by atoms with Gasteiger partial charge in [-0.15, -0.1) is 0 Å². The third kappa shape index (κ3) is 3.19. The van der Waals surface area contributed by atoms with Crippen molar-refractivity contribution in [3.05, 3.63) is 34.9 Å². The van der Waals surface area contributed by atoms with E-state index in [0.717, 1.165) is 4.57 Å². The Labute approximate surface area is 120 Å². The summed E-state index contributed by atoms with van der Waals surface area (Å²) in [7, 11) is 1.56. The Balaban J connectivity index is 2.42. The van der Waals surface area contributed by atoms with Crippen LogP contribution in [0.4, 0.5) is 0 Å². The lowest BCUT2D eigenvalue weighted by atomic mass is 10.2. The van der Waals surface area contributed by atoms with Gasteiger partial charge in [0, 0.05) is 13.3 Å². The normalized spacial score (nSPS) is 12.3. The number of carboxylic acid groups (broad SMARTS) is 1. The standard InChI is InChI=1S/C14H16N2O5/c1-9(14(18)19)16-4-3-12-11(13(16)17)7-10(8-15-12)21-6-5-20-2/h3-4,7-9H,5-6H2,1-2H3,(H,18,19). The van der Waals surface area contributed by atoms with E-state index in [1.54, 1.807) is 19.2 Å². The molecule has 0 aromatic carbocycles. The van der Waals surface area contributed by atoms with Gasteiger partial charge < -0.3 is 19.1 Å². The highest BCUT2D eigenvalue weighted by molar-refractivity contribution is 5.79. The van der Waals surface area contributed by atoms with Gasteiger partial charge >= 0.3 is 5.97 Å². The minimum atomic E-state index is -1.07. The number of methoxy groups -OCH3 is 1. The maximum atomic E-state index is 12.3. The summed E-state index contributed by atoms with van der Waals surface area (Å²) in [6, 6.07) is 2.22. The lowest BCUT2D eigenvalue weighted by molar-refractivity contribution is -0.140. The maximum Gasteiger partial charge on any atom is 0.326 e. The van der Waals surface area contributed by atoms with Crippen LogP contribution in [-0.4, -0.2) is 41.0 Å². The van der Waals surface area contributed by atoms with E-state index in [4.69, 9.17) is 14.6 Å². The Morgan fingerprint density at radius 2 is 2.24 bits per heavy atom. The second-order valence-corrected chi connectivity index (χ2v) is 4.49. The molecule has 0 bridgehead atoms. The third-order valence-electron chi connectivity index (χ3n) is 3.08. The molecular formula is C14H16N2O5. The fourth-order valence-electron chi connectivity index (χ4n) is 1.86. The summed E-state index contributed by atoms with van der Waals surface area (Å²) in [5.74, 6) is -0.630. The summed E-state index contributed by atoms with van der Waals surface area (Å²) in [4.78, 5) is 27.5. The van der Waals surface area contributed by atoms with Crippen LogP contribution in [0.5, 0.6) is 5.75 Å². The Kier molecular flexibility index (Phi) is 4.54. The molecule has 0 aliphatic rings. The van der Waals surface area contributed by atoms with Crippen LogP contribution in [0.1, 0.15) is 13.0 Å². The van der Waals surface area contributed by atoms with Crippen molar-refractivity contribution >= 4 is 16.9 Å². The molecule has 0 saturated carbocycles. The number of carboxylic acids is 1. The second-order valence-electron chi connectivity index (χ2n) is 4.49. The van der Waals surface area contributed by atoms with Gasteiger partial charge in [0.2, 0.25) is 0 Å². The number of aromatic nitrogens is 2. The molecule has 0 saturated heterocycles. The SMILES string of the molecule is COCCOc1cnc2ccn(C(C)C(=O)O)c(=O)c2c1. The maximum absolute atomic E-state index is 12.3. The van der Waals surface area contributed by atoms with E-state index in [1.165, 1.54) is 19.3 Å². The largest absolute Gasteiger partial charge is 0.490 e. The zero-order chi connectivity index (χ0) is 15.4. The van der Waals surface area contributed by atoms with Crippen LogP contribution in [-0.2, 0) is 9.53 Å². The smallest absolute Gasteiger partial charge is 0.326 e. The summed E-state index contributed by atoms with van der Waals surface area (Å²) in [6.45, 7) is 2.21. The van der Waals surface area contributed by atoms with Crippen molar-refractivity contribution < 1.29 is 19.4 Å². The molecular weight excluding hydrogens is 276 g/mol. The summed E-state index contributed by atoms with van der Waals surface area (Å²) >= 11 is 0. The van der Waals surface area contributed by atoms with Crippen molar-refractivity contribution in [3.63, 3.8) is 0 Å². The molecule has 1 unspecified atom stereocenters. The molecule has 7 nitrogen and oxygen atoms in total. The van der Waals surface area contributed by atoms with Crippen LogP contribution in [0.2, 0.25) is 0 Å². The predicted octanol–water partition coefficient (Wildman–Crippen LogP) is 1.07. The average molecular weight is 292 g/mol. The number of fused-ring (bicyclic) bond motifs is 1. The molecule has 0 amide bonds. The molecule has 7 heteroatoms. The molecule has 0 aliphatic heterocycles. The number of pyridine rings is 2. The number of carbonyl (C=O) groups is 1. The average Bonchev–Trinajstić information content (AvgIpc) is 2.47. The Hall–Kier alpha value is -2.41. The molecule has 2 aromatic rings. The first-order valence-corrected chi connectivity index (χ1v) is 6.40. The van der Waals surface area contributed by atoms with E-state index < -0.39 is 17.6 Å². The van der Waals surface area contributed by atoms with Crippen LogP contribution in [0.3, 0.4) is 0 Å². The molecule has 0 radical (unpaired) electrons. The zero-order valence-corrected chi connectivity index (χ0v) is 11.8. The van der Waals surface area contributed by atoms with E-state index in [-0.39, 0.29) is 0 Å². The summed E-state index contributed by atoms with van der Waals surface area (Å²) in [6.07, 6.45) is 2.95. The molecule has 2 heterocycles. The van der Waals surface area contributed by atoms with Crippen LogP contribution in [0.25, 0.3) is 10.9 Å². The van der Waals surface area contributed by atoms with E-state index in [2.05, 4.69) is 4.98 Å². The fourth-order valence-corrected chi connectivity index (χ4v) is 1.86. The minimum absolute atomic E-state index is 0.320. The van der Waals surface area contributed by atoms with Gasteiger partial charge in [0.25, 0.3) is 5.56 Å². The Morgan fingerprint density at radius 1 is 1.48 bits per heavy atom. The van der Waals surface area contributed by atoms with E-state index in [0.29, 0.717) is 29.9 Å². The van der Waals surface area contributed by atoms with Gasteiger partial charge in [0.15, 0.2) is 0 Å². The molecule has 1 atom stereocenters. The van der Waals surface area contributed by atoms with E-state index in [1.807, 2.05) is 0 Å². The third-order valence-corrected chi connectivity index (χ3v) is 3.08. The number of hydrogen-bond acceptors (Lipinski definition) is 5. The first kappa shape index (κ1) is 15.0. The van der Waals surface area contributed by atoms with E-state index in [9.17, 15) is 9.59 Å². The van der Waals surface area contributed by atoms with Crippen molar-refractivity contribution in [2.24, 2.45) is 0 Å². The van der Waals surface area contributed by atoms with Gasteiger partial charge in [0.05, 0.1) is 23.7 Å². The topological polar surface area (TPSA) is 90.7 Å². The van der Waals surface area contributed by atoms with Crippen LogP contribution >= 0.6 is 0 Å². The van der Waals surface area contributed by atoms with Crippen LogP contribution in [0.15, 0.2) is 29.3 Å². The van der Waals surface area contributed by atoms with Crippen molar-refractivity contribution in [2.45, 2.75) is 13.0 Å². The molecule has 112 valence electrons. The van der Waals surface area contributed by atoms with Crippen LogP contribution < -0.4 is 10.3 Å². The zero-order valence-electron chi connectivity index (χ0n) is 11.8. The predicted molar refractivity (Wildman–Crippen MR) is 75.7 cm³/mol. The minimum Gasteiger partial charge on any atom is -0.490 e. The number of hydrogen-bond donors (Lipinski definition) is 1. The second kappa shape index (κ2) is 6.36. The van der Waals surface area contributed by atoms with Gasteiger partial charge in [-0.25, -0.2) is 4.79 Å². The number of nitrogens with zero attached hydrogens (tertiary/aromatic N) is 2. The number of ether oxygens (including phenoxy) is 2. The van der Waals surface area contributed by atoms with Crippen molar-refractivity contribution in [1.29, 1.82) is 0 Å². The highest BCUT2D eigenvalue weighted by atomic mass is 16.5. The van der Waals surface area contributed by atoms with Gasteiger partial charge in [-0.3, -0.25) is 9.78 Å². The fraction of sp³-hybridized carbons (Fsp3) is 0.357. The molecule has 21 heavy (non-hydrogen) atoms. The molecule has 0 aliphatic carbocycles. The summed E-state index contributed by atoms with van der Waals surface area (Å²) < 4.78 is 11.4. The number of aliphatic carboxylic acids is 1. The monoisotopic (exact) mass is 292 g/mol. The lowest BCUT2D eigenvalue weighted by Gasteiger charge is -2.11. The van der Waals surface area contributed by atoms with Crippen molar-refractivity contribution in [2.75, 3.05) is 20.3 Å². The molecule has 0 fully saturated rings. The molecule has 2 aromatic heterocycles. The van der Waals surface area contributed by atoms with Crippen molar-refractivity contribution in [3.8, 4) is 5.75 Å². The van der Waals surface area contributed by atoms with Gasteiger partial charge in [-0.2, -0.15) is 0 Å².